The smallest absolute Gasteiger partial charge is 0.243 e. The Hall–Kier alpha value is -1.68. The normalized spacial score (nSPS) is 19.5. The molecule has 0 saturated heterocycles. The predicted molar refractivity (Wildman–Crippen MR) is 102 cm³/mol. The van der Waals surface area contributed by atoms with Gasteiger partial charge in [-0.1, -0.05) is 12.5 Å². The molecule has 26 heavy (non-hydrogen) atoms. The van der Waals surface area contributed by atoms with Crippen LogP contribution in [0.15, 0.2) is 29.2 Å². The van der Waals surface area contributed by atoms with Gasteiger partial charge in [0.1, 0.15) is 0 Å². The van der Waals surface area contributed by atoms with E-state index in [0.717, 1.165) is 19.3 Å². The molecule has 5 N–H and O–H groups in total. The zero-order valence-electron chi connectivity index (χ0n) is 14.5. The number of hydrogen-bond donors (Lipinski definition) is 4. The number of carbonyl (C=O) groups is 2. The van der Waals surface area contributed by atoms with E-state index in [1.54, 1.807) is 6.07 Å². The van der Waals surface area contributed by atoms with Crippen molar-refractivity contribution in [1.82, 2.24) is 10.0 Å². The summed E-state index contributed by atoms with van der Waals surface area (Å²) in [7, 11) is -2.27. The number of hydrogen-bond acceptors (Lipinski definition) is 5. The minimum atomic E-state index is -3.58. The van der Waals surface area contributed by atoms with Crippen molar-refractivity contribution in [3.05, 3.63) is 24.3 Å². The van der Waals surface area contributed by atoms with Crippen LogP contribution in [0.5, 0.6) is 0 Å². The maximum absolute atomic E-state index is 11.9. The van der Waals surface area contributed by atoms with Gasteiger partial charge in [-0.25, -0.2) is 13.1 Å². The molecule has 2 atom stereocenters. The highest BCUT2D eigenvalue weighted by molar-refractivity contribution is 7.89. The number of rotatable bonds is 7. The fourth-order valence-electron chi connectivity index (χ4n) is 2.87. The molecular weight excluding hydrogens is 380 g/mol. The van der Waals surface area contributed by atoms with Crippen LogP contribution in [0.2, 0.25) is 0 Å². The van der Waals surface area contributed by atoms with Crippen molar-refractivity contribution in [2.24, 2.45) is 11.7 Å². The van der Waals surface area contributed by atoms with E-state index in [9.17, 15) is 18.0 Å². The molecule has 1 aromatic rings. The molecule has 0 aromatic heterocycles. The molecule has 1 aliphatic rings. The lowest BCUT2D eigenvalue weighted by Gasteiger charge is -2.14. The first-order valence-electron chi connectivity index (χ1n) is 8.17. The Bertz CT molecular complexity index is 742. The van der Waals surface area contributed by atoms with Crippen molar-refractivity contribution < 1.29 is 18.0 Å². The number of sulfonamides is 1. The minimum absolute atomic E-state index is 0. The van der Waals surface area contributed by atoms with Gasteiger partial charge in [-0.05, 0) is 44.0 Å². The van der Waals surface area contributed by atoms with Gasteiger partial charge >= 0.3 is 0 Å². The van der Waals surface area contributed by atoms with Crippen molar-refractivity contribution in [2.75, 3.05) is 18.9 Å². The van der Waals surface area contributed by atoms with Crippen molar-refractivity contribution >= 4 is 39.9 Å². The second kappa shape index (κ2) is 9.86. The van der Waals surface area contributed by atoms with Crippen molar-refractivity contribution in [1.29, 1.82) is 0 Å². The van der Waals surface area contributed by atoms with Crippen molar-refractivity contribution in [3.8, 4) is 0 Å². The van der Waals surface area contributed by atoms with Gasteiger partial charge in [0.15, 0.2) is 0 Å². The Kier molecular flexibility index (Phi) is 8.48. The van der Waals surface area contributed by atoms with Gasteiger partial charge in [-0.2, -0.15) is 0 Å². The van der Waals surface area contributed by atoms with E-state index in [0.29, 0.717) is 12.1 Å². The van der Waals surface area contributed by atoms with E-state index in [1.165, 1.54) is 25.2 Å². The Labute approximate surface area is 159 Å². The van der Waals surface area contributed by atoms with Crippen LogP contribution in [-0.4, -0.2) is 39.9 Å². The van der Waals surface area contributed by atoms with E-state index in [-0.39, 0.29) is 41.7 Å². The lowest BCUT2D eigenvalue weighted by atomic mass is 10.00. The zero-order chi connectivity index (χ0) is 18.4. The van der Waals surface area contributed by atoms with Crippen molar-refractivity contribution in [3.63, 3.8) is 0 Å². The molecule has 10 heteroatoms. The fourth-order valence-corrected chi connectivity index (χ4v) is 3.65. The van der Waals surface area contributed by atoms with Crippen LogP contribution >= 0.6 is 12.4 Å². The van der Waals surface area contributed by atoms with E-state index in [4.69, 9.17) is 5.73 Å². The molecule has 8 nitrogen and oxygen atoms in total. The molecule has 146 valence electrons. The summed E-state index contributed by atoms with van der Waals surface area (Å²) in [5.41, 5.74) is 6.27. The minimum Gasteiger partial charge on any atom is -0.347 e. The third kappa shape index (κ3) is 6.24. The van der Waals surface area contributed by atoms with E-state index in [2.05, 4.69) is 15.4 Å². The van der Waals surface area contributed by atoms with Crippen LogP contribution in [0.25, 0.3) is 0 Å². The summed E-state index contributed by atoms with van der Waals surface area (Å²) >= 11 is 0. The lowest BCUT2D eigenvalue weighted by molar-refractivity contribution is -0.124. The molecule has 0 spiro atoms. The van der Waals surface area contributed by atoms with Crippen LogP contribution in [-0.2, 0) is 19.6 Å². The van der Waals surface area contributed by atoms with Gasteiger partial charge < -0.3 is 16.4 Å². The maximum atomic E-state index is 11.9. The van der Waals surface area contributed by atoms with Crippen LogP contribution < -0.4 is 21.1 Å². The average molecular weight is 405 g/mol. The SMILES string of the molecule is CNS(=O)(=O)c1cccc(NC(=O)CNC(=O)C[C@@H]2CCC[C@H]2N)c1.Cl. The van der Waals surface area contributed by atoms with Gasteiger partial charge in [0, 0.05) is 18.2 Å². The van der Waals surface area contributed by atoms with Gasteiger partial charge in [-0.15, -0.1) is 12.4 Å². The summed E-state index contributed by atoms with van der Waals surface area (Å²) < 4.78 is 25.7. The van der Waals surface area contributed by atoms with E-state index < -0.39 is 15.9 Å². The lowest BCUT2D eigenvalue weighted by Crippen LogP contribution is -2.36. The maximum Gasteiger partial charge on any atom is 0.243 e. The number of nitrogens with one attached hydrogen (secondary N) is 3. The summed E-state index contributed by atoms with van der Waals surface area (Å²) in [4.78, 5) is 23.9. The van der Waals surface area contributed by atoms with Gasteiger partial charge in [0.25, 0.3) is 0 Å². The first-order chi connectivity index (χ1) is 11.8. The molecule has 0 bridgehead atoms. The first-order valence-corrected chi connectivity index (χ1v) is 9.66. The molecule has 1 fully saturated rings. The number of nitrogens with two attached hydrogens (primary N) is 1. The third-order valence-corrected chi connectivity index (χ3v) is 5.72. The second-order valence-electron chi connectivity index (χ2n) is 6.12. The number of halogens is 1. The standard InChI is InChI=1S/C16H24N4O4S.ClH/c1-18-25(23,24)13-6-3-5-12(9-13)20-16(22)10-19-15(21)8-11-4-2-7-14(11)17;/h3,5-6,9,11,14,18H,2,4,7-8,10,17H2,1H3,(H,19,21)(H,20,22);1H/t11-,14+;/m0./s1. The zero-order valence-corrected chi connectivity index (χ0v) is 16.2. The predicted octanol–water partition coefficient (Wildman–Crippen LogP) is 0.589. The van der Waals surface area contributed by atoms with Crippen LogP contribution in [0.3, 0.4) is 0 Å². The summed E-state index contributed by atoms with van der Waals surface area (Å²) in [6, 6.07) is 5.93. The first kappa shape index (κ1) is 22.4. The van der Waals surface area contributed by atoms with Crippen LogP contribution in [0, 0.1) is 5.92 Å². The highest BCUT2D eigenvalue weighted by Gasteiger charge is 2.26. The Morgan fingerprint density at radius 2 is 1.96 bits per heavy atom. The Morgan fingerprint density at radius 1 is 1.23 bits per heavy atom. The van der Waals surface area contributed by atoms with E-state index in [1.807, 2.05) is 0 Å². The second-order valence-corrected chi connectivity index (χ2v) is 8.01. The largest absolute Gasteiger partial charge is 0.347 e. The topological polar surface area (TPSA) is 130 Å². The Balaban J connectivity index is 0.00000338. The number of anilines is 1. The molecule has 1 aromatic carbocycles. The molecule has 0 aliphatic heterocycles. The van der Waals surface area contributed by atoms with Gasteiger partial charge in [0.05, 0.1) is 11.4 Å². The number of benzene rings is 1. The number of amides is 2. The molecule has 0 radical (unpaired) electrons. The molecule has 2 rings (SSSR count). The van der Waals surface area contributed by atoms with Gasteiger partial charge in [-0.3, -0.25) is 9.59 Å². The molecule has 0 heterocycles. The molecule has 1 saturated carbocycles. The van der Waals surface area contributed by atoms with Gasteiger partial charge in [0.2, 0.25) is 21.8 Å². The summed E-state index contributed by atoms with van der Waals surface area (Å²) in [5.74, 6) is -0.460. The number of carbonyl (C=O) groups excluding carboxylic acids is 2. The van der Waals surface area contributed by atoms with Crippen LogP contribution in [0.1, 0.15) is 25.7 Å². The molecule has 2 amide bonds. The molecule has 1 aliphatic carbocycles. The molecular formula is C16H25ClN4O4S. The monoisotopic (exact) mass is 404 g/mol. The average Bonchev–Trinajstić information content (AvgIpc) is 2.98. The summed E-state index contributed by atoms with van der Waals surface area (Å²) in [6.45, 7) is -0.177. The summed E-state index contributed by atoms with van der Waals surface area (Å²) in [5, 5.41) is 5.13. The highest BCUT2D eigenvalue weighted by Crippen LogP contribution is 2.26. The Morgan fingerprint density at radius 3 is 2.58 bits per heavy atom. The highest BCUT2D eigenvalue weighted by atomic mass is 35.5. The third-order valence-electron chi connectivity index (χ3n) is 4.31. The van der Waals surface area contributed by atoms with E-state index >= 15 is 0 Å². The van der Waals surface area contributed by atoms with Crippen LogP contribution in [0.4, 0.5) is 5.69 Å². The fraction of sp³-hybridized carbons (Fsp3) is 0.500. The molecule has 0 unspecified atom stereocenters. The quantitative estimate of drug-likeness (QED) is 0.528. The van der Waals surface area contributed by atoms with Crippen molar-refractivity contribution in [2.45, 2.75) is 36.6 Å². The summed E-state index contributed by atoms with van der Waals surface area (Å²) in [6.07, 6.45) is 3.23.